The second kappa shape index (κ2) is 8.82. The standard InChI is InChI=1S/C13H16ClF2NO2/c14-5-8-19-7-2-6-17-12(18)9-10-3-1-4-11(15)13(10)16/h1,3-4H,2,5-9H2,(H,17,18). The van der Waals surface area contributed by atoms with Crippen LogP contribution < -0.4 is 5.32 Å². The summed E-state index contributed by atoms with van der Waals surface area (Å²) in [5.41, 5.74) is 0.0518. The van der Waals surface area contributed by atoms with Crippen LogP contribution in [0.25, 0.3) is 0 Å². The van der Waals surface area contributed by atoms with Crippen molar-refractivity contribution in [3.05, 3.63) is 35.4 Å². The average molecular weight is 292 g/mol. The maximum absolute atomic E-state index is 13.3. The third kappa shape index (κ3) is 5.98. The molecule has 3 nitrogen and oxygen atoms in total. The summed E-state index contributed by atoms with van der Waals surface area (Å²) < 4.78 is 31.3. The molecule has 0 aliphatic rings. The van der Waals surface area contributed by atoms with Crippen LogP contribution >= 0.6 is 11.6 Å². The number of hydrogen-bond donors (Lipinski definition) is 1. The highest BCUT2D eigenvalue weighted by Gasteiger charge is 2.11. The van der Waals surface area contributed by atoms with E-state index in [2.05, 4.69) is 5.32 Å². The van der Waals surface area contributed by atoms with Crippen molar-refractivity contribution >= 4 is 17.5 Å². The SMILES string of the molecule is O=C(Cc1cccc(F)c1F)NCCCOCCCl. The number of ether oxygens (including phenoxy) is 1. The van der Waals surface area contributed by atoms with E-state index in [1.165, 1.54) is 12.1 Å². The number of benzene rings is 1. The van der Waals surface area contributed by atoms with Crippen molar-refractivity contribution in [2.24, 2.45) is 0 Å². The lowest BCUT2D eigenvalue weighted by Gasteiger charge is -2.06. The Hall–Kier alpha value is -1.20. The normalized spacial score (nSPS) is 10.5. The molecule has 0 atom stereocenters. The maximum atomic E-state index is 13.3. The van der Waals surface area contributed by atoms with Crippen LogP contribution in [0, 0.1) is 11.6 Å². The summed E-state index contributed by atoms with van der Waals surface area (Å²) in [6.45, 7) is 1.41. The molecule has 0 unspecified atom stereocenters. The fourth-order valence-electron chi connectivity index (χ4n) is 1.48. The van der Waals surface area contributed by atoms with E-state index in [0.29, 0.717) is 32.1 Å². The summed E-state index contributed by atoms with van der Waals surface area (Å²) in [6, 6.07) is 3.79. The Morgan fingerprint density at radius 3 is 2.84 bits per heavy atom. The predicted molar refractivity (Wildman–Crippen MR) is 69.2 cm³/mol. The summed E-state index contributed by atoms with van der Waals surface area (Å²) in [5.74, 6) is -1.82. The topological polar surface area (TPSA) is 38.3 Å². The first-order chi connectivity index (χ1) is 9.15. The van der Waals surface area contributed by atoms with Crippen LogP contribution in [-0.2, 0) is 16.0 Å². The molecule has 1 aromatic carbocycles. The van der Waals surface area contributed by atoms with Gasteiger partial charge in [-0.2, -0.15) is 0 Å². The molecule has 0 aromatic heterocycles. The molecule has 0 spiro atoms. The van der Waals surface area contributed by atoms with Crippen LogP contribution in [0.1, 0.15) is 12.0 Å². The molecule has 0 bridgehead atoms. The number of carbonyl (C=O) groups excluding carboxylic acids is 1. The van der Waals surface area contributed by atoms with E-state index in [1.54, 1.807) is 0 Å². The Bertz CT molecular complexity index is 416. The Morgan fingerprint density at radius 1 is 1.32 bits per heavy atom. The number of carbonyl (C=O) groups is 1. The molecule has 1 aromatic rings. The number of hydrogen-bond acceptors (Lipinski definition) is 2. The number of rotatable bonds is 8. The molecule has 0 heterocycles. The number of amides is 1. The smallest absolute Gasteiger partial charge is 0.224 e. The zero-order chi connectivity index (χ0) is 14.1. The number of alkyl halides is 1. The highest BCUT2D eigenvalue weighted by Crippen LogP contribution is 2.11. The first kappa shape index (κ1) is 15.9. The molecule has 1 N–H and O–H groups in total. The fourth-order valence-corrected chi connectivity index (χ4v) is 1.59. The van der Waals surface area contributed by atoms with Gasteiger partial charge in [0.25, 0.3) is 0 Å². The van der Waals surface area contributed by atoms with Gasteiger partial charge < -0.3 is 10.1 Å². The van der Waals surface area contributed by atoms with E-state index in [-0.39, 0.29) is 17.9 Å². The third-order valence-electron chi connectivity index (χ3n) is 2.39. The largest absolute Gasteiger partial charge is 0.380 e. The highest BCUT2D eigenvalue weighted by atomic mass is 35.5. The average Bonchev–Trinajstić information content (AvgIpc) is 2.39. The second-order valence-electron chi connectivity index (χ2n) is 3.89. The van der Waals surface area contributed by atoms with E-state index in [9.17, 15) is 13.6 Å². The molecule has 0 aliphatic heterocycles. The van der Waals surface area contributed by atoms with E-state index in [0.717, 1.165) is 6.07 Å². The molecule has 19 heavy (non-hydrogen) atoms. The van der Waals surface area contributed by atoms with Gasteiger partial charge in [0.15, 0.2) is 11.6 Å². The van der Waals surface area contributed by atoms with Crippen molar-refractivity contribution in [1.29, 1.82) is 0 Å². The lowest BCUT2D eigenvalue weighted by Crippen LogP contribution is -2.27. The van der Waals surface area contributed by atoms with Gasteiger partial charge in [-0.25, -0.2) is 8.78 Å². The van der Waals surface area contributed by atoms with Gasteiger partial charge in [-0.1, -0.05) is 12.1 Å². The summed E-state index contributed by atoms with van der Waals surface area (Å²) >= 11 is 5.42. The van der Waals surface area contributed by atoms with Crippen molar-refractivity contribution in [2.75, 3.05) is 25.6 Å². The van der Waals surface area contributed by atoms with Crippen LogP contribution in [0.3, 0.4) is 0 Å². The van der Waals surface area contributed by atoms with Crippen molar-refractivity contribution in [2.45, 2.75) is 12.8 Å². The van der Waals surface area contributed by atoms with E-state index < -0.39 is 11.6 Å². The van der Waals surface area contributed by atoms with E-state index in [4.69, 9.17) is 16.3 Å². The first-order valence-electron chi connectivity index (χ1n) is 5.98. The van der Waals surface area contributed by atoms with Crippen LogP contribution in [0.4, 0.5) is 8.78 Å². The highest BCUT2D eigenvalue weighted by molar-refractivity contribution is 6.17. The molecular weight excluding hydrogens is 276 g/mol. The maximum Gasteiger partial charge on any atom is 0.224 e. The Balaban J connectivity index is 2.26. The molecule has 1 amide bonds. The van der Waals surface area contributed by atoms with Crippen molar-refractivity contribution in [3.63, 3.8) is 0 Å². The van der Waals surface area contributed by atoms with E-state index in [1.807, 2.05) is 0 Å². The molecule has 106 valence electrons. The van der Waals surface area contributed by atoms with Crippen LogP contribution in [0.5, 0.6) is 0 Å². The molecule has 0 fully saturated rings. The van der Waals surface area contributed by atoms with Gasteiger partial charge in [-0.05, 0) is 12.5 Å². The Labute approximate surface area is 115 Å². The lowest BCUT2D eigenvalue weighted by molar-refractivity contribution is -0.120. The summed E-state index contributed by atoms with van der Waals surface area (Å²) in [6.07, 6.45) is 0.473. The lowest BCUT2D eigenvalue weighted by atomic mass is 10.1. The second-order valence-corrected chi connectivity index (χ2v) is 4.27. The van der Waals surface area contributed by atoms with Gasteiger partial charge in [0.2, 0.25) is 5.91 Å². The number of nitrogens with one attached hydrogen (secondary N) is 1. The minimum absolute atomic E-state index is 0.0518. The minimum Gasteiger partial charge on any atom is -0.380 e. The van der Waals surface area contributed by atoms with Gasteiger partial charge in [-0.15, -0.1) is 11.6 Å². The Kier molecular flexibility index (Phi) is 7.36. The zero-order valence-corrected chi connectivity index (χ0v) is 11.2. The van der Waals surface area contributed by atoms with Crippen molar-refractivity contribution < 1.29 is 18.3 Å². The molecule has 6 heteroatoms. The molecule has 1 rings (SSSR count). The van der Waals surface area contributed by atoms with Crippen LogP contribution in [-0.4, -0.2) is 31.5 Å². The zero-order valence-electron chi connectivity index (χ0n) is 10.4. The summed E-state index contributed by atoms with van der Waals surface area (Å²) in [5, 5.41) is 2.61. The van der Waals surface area contributed by atoms with Gasteiger partial charge >= 0.3 is 0 Å². The molecular formula is C13H16ClF2NO2. The molecule has 0 saturated heterocycles. The quantitative estimate of drug-likeness (QED) is 0.589. The van der Waals surface area contributed by atoms with Crippen molar-refractivity contribution in [1.82, 2.24) is 5.32 Å². The summed E-state index contributed by atoms with van der Waals surface area (Å²) in [7, 11) is 0. The van der Waals surface area contributed by atoms with Gasteiger partial charge in [-0.3, -0.25) is 4.79 Å². The number of halogens is 3. The minimum atomic E-state index is -0.969. The summed E-state index contributed by atoms with van der Waals surface area (Å²) in [4.78, 5) is 11.5. The van der Waals surface area contributed by atoms with Gasteiger partial charge in [0.05, 0.1) is 13.0 Å². The predicted octanol–water partition coefficient (Wildman–Crippen LogP) is 2.27. The molecule has 0 saturated carbocycles. The van der Waals surface area contributed by atoms with Crippen LogP contribution in [0.15, 0.2) is 18.2 Å². The third-order valence-corrected chi connectivity index (χ3v) is 2.55. The van der Waals surface area contributed by atoms with Crippen LogP contribution in [0.2, 0.25) is 0 Å². The van der Waals surface area contributed by atoms with Gasteiger partial charge in [0.1, 0.15) is 0 Å². The molecule has 0 aliphatic carbocycles. The molecule has 0 radical (unpaired) electrons. The first-order valence-corrected chi connectivity index (χ1v) is 6.52. The van der Waals surface area contributed by atoms with Gasteiger partial charge in [0, 0.05) is 24.6 Å². The fraction of sp³-hybridized carbons (Fsp3) is 0.462. The van der Waals surface area contributed by atoms with Crippen molar-refractivity contribution in [3.8, 4) is 0 Å². The Morgan fingerprint density at radius 2 is 2.11 bits per heavy atom. The monoisotopic (exact) mass is 291 g/mol. The van der Waals surface area contributed by atoms with E-state index >= 15 is 0 Å².